The molecule has 0 unspecified atom stereocenters. The molecule has 32 heavy (non-hydrogen) atoms. The van der Waals surface area contributed by atoms with Crippen molar-refractivity contribution < 1.29 is 14.0 Å². The summed E-state index contributed by atoms with van der Waals surface area (Å²) in [6, 6.07) is 14.7. The van der Waals surface area contributed by atoms with Crippen LogP contribution in [0.3, 0.4) is 0 Å². The minimum absolute atomic E-state index is 0.0763. The number of hydrogen-bond acceptors (Lipinski definition) is 4. The third kappa shape index (κ3) is 5.88. The number of halogens is 1. The molecule has 0 saturated carbocycles. The minimum atomic E-state index is -0.0947. The summed E-state index contributed by atoms with van der Waals surface area (Å²) >= 11 is 5.91. The van der Waals surface area contributed by atoms with Crippen LogP contribution in [-0.2, 0) is 17.8 Å². The molecule has 0 aliphatic carbocycles. The lowest BCUT2D eigenvalue weighted by Gasteiger charge is -2.16. The molecule has 3 amide bonds. The van der Waals surface area contributed by atoms with Gasteiger partial charge in [-0.1, -0.05) is 23.7 Å². The molecule has 1 aliphatic rings. The van der Waals surface area contributed by atoms with Crippen LogP contribution >= 0.6 is 11.6 Å². The molecule has 4 rings (SSSR count). The Labute approximate surface area is 191 Å². The predicted octanol–water partition coefficient (Wildman–Crippen LogP) is 4.87. The van der Waals surface area contributed by atoms with E-state index < -0.39 is 0 Å². The predicted molar refractivity (Wildman–Crippen MR) is 123 cm³/mol. The molecule has 0 spiro atoms. The zero-order chi connectivity index (χ0) is 22.3. The van der Waals surface area contributed by atoms with Crippen molar-refractivity contribution >= 4 is 29.2 Å². The third-order valence-electron chi connectivity index (χ3n) is 5.31. The maximum Gasteiger partial charge on any atom is 0.321 e. The number of benzene rings is 2. The van der Waals surface area contributed by atoms with Crippen LogP contribution in [0.15, 0.2) is 59.1 Å². The third-order valence-corrected chi connectivity index (χ3v) is 5.56. The number of aromatic nitrogens is 1. The number of nitrogens with zero attached hydrogens (tertiary/aromatic N) is 2. The first-order chi connectivity index (χ1) is 15.6. The second kappa shape index (κ2) is 10.3. The molecule has 1 aromatic heterocycles. The van der Waals surface area contributed by atoms with Gasteiger partial charge in [-0.05, 0) is 54.8 Å². The van der Waals surface area contributed by atoms with Gasteiger partial charge in [-0.2, -0.15) is 0 Å². The minimum Gasteiger partial charge on any atom is -0.441 e. The highest BCUT2D eigenvalue weighted by Crippen LogP contribution is 2.22. The molecule has 2 N–H and O–H groups in total. The first kappa shape index (κ1) is 21.9. The largest absolute Gasteiger partial charge is 0.441 e. The average Bonchev–Trinajstić information content (AvgIpc) is 3.50. The van der Waals surface area contributed by atoms with Crippen molar-refractivity contribution in [1.29, 1.82) is 0 Å². The Bertz CT molecular complexity index is 1070. The number of urea groups is 1. The van der Waals surface area contributed by atoms with Crippen LogP contribution in [0.4, 0.5) is 10.5 Å². The molecule has 0 bridgehead atoms. The number of likely N-dealkylation sites (tertiary alicyclic amines) is 1. The van der Waals surface area contributed by atoms with Gasteiger partial charge in [-0.3, -0.25) is 4.79 Å². The first-order valence-corrected chi connectivity index (χ1v) is 11.1. The van der Waals surface area contributed by atoms with Gasteiger partial charge in [0.2, 0.25) is 5.91 Å². The topological polar surface area (TPSA) is 87.5 Å². The molecular weight excluding hydrogens is 428 g/mol. The number of amides is 3. The second-order valence-electron chi connectivity index (χ2n) is 7.73. The van der Waals surface area contributed by atoms with Crippen LogP contribution in [0.1, 0.15) is 30.7 Å². The fourth-order valence-electron chi connectivity index (χ4n) is 3.56. The Balaban J connectivity index is 1.24. The summed E-state index contributed by atoms with van der Waals surface area (Å²) in [4.78, 5) is 30.6. The van der Waals surface area contributed by atoms with E-state index in [4.69, 9.17) is 16.0 Å². The Morgan fingerprint density at radius 3 is 2.66 bits per heavy atom. The highest BCUT2D eigenvalue weighted by molar-refractivity contribution is 6.30. The van der Waals surface area contributed by atoms with Gasteiger partial charge in [-0.25, -0.2) is 9.78 Å². The Kier molecular flexibility index (Phi) is 7.07. The summed E-state index contributed by atoms with van der Waals surface area (Å²) in [6.45, 7) is 1.98. The van der Waals surface area contributed by atoms with Crippen molar-refractivity contribution in [2.24, 2.45) is 0 Å². The summed E-state index contributed by atoms with van der Waals surface area (Å²) in [7, 11) is 0. The number of hydrogen-bond donors (Lipinski definition) is 2. The summed E-state index contributed by atoms with van der Waals surface area (Å²) < 4.78 is 5.74. The number of aryl methyl sites for hydroxylation is 1. The van der Waals surface area contributed by atoms with Crippen molar-refractivity contribution in [1.82, 2.24) is 15.2 Å². The molecule has 3 aromatic rings. The fourth-order valence-corrected chi connectivity index (χ4v) is 3.69. The molecular formula is C24H25ClN4O3. The molecule has 1 saturated heterocycles. The monoisotopic (exact) mass is 452 g/mol. The number of carbonyl (C=O) groups excluding carboxylic acids is 2. The Morgan fingerprint density at radius 1 is 1.09 bits per heavy atom. The maximum absolute atomic E-state index is 12.3. The lowest BCUT2D eigenvalue weighted by atomic mass is 10.2. The van der Waals surface area contributed by atoms with Crippen LogP contribution in [0.2, 0.25) is 5.02 Å². The quantitative estimate of drug-likeness (QED) is 0.535. The molecule has 2 heterocycles. The SMILES string of the molecule is O=C(CCc1ncc(-c2ccc(Cl)cc2)o1)NCc1cccc(NC(=O)N2CCCC2)c1. The highest BCUT2D eigenvalue weighted by Gasteiger charge is 2.17. The van der Waals surface area contributed by atoms with E-state index in [1.54, 1.807) is 18.3 Å². The summed E-state index contributed by atoms with van der Waals surface area (Å²) in [5.41, 5.74) is 2.52. The number of nitrogens with one attached hydrogen (secondary N) is 2. The van der Waals surface area contributed by atoms with E-state index in [0.29, 0.717) is 29.6 Å². The van der Waals surface area contributed by atoms with Crippen LogP contribution in [0.25, 0.3) is 11.3 Å². The molecule has 8 heteroatoms. The maximum atomic E-state index is 12.3. The summed E-state index contributed by atoms with van der Waals surface area (Å²) in [5, 5.41) is 6.48. The van der Waals surface area contributed by atoms with Gasteiger partial charge >= 0.3 is 6.03 Å². The smallest absolute Gasteiger partial charge is 0.321 e. The normalized spacial score (nSPS) is 13.2. The molecule has 0 atom stereocenters. The van der Waals surface area contributed by atoms with E-state index >= 15 is 0 Å². The number of anilines is 1. The van der Waals surface area contributed by atoms with E-state index in [2.05, 4.69) is 15.6 Å². The second-order valence-corrected chi connectivity index (χ2v) is 8.16. The Morgan fingerprint density at radius 2 is 1.88 bits per heavy atom. The summed E-state index contributed by atoms with van der Waals surface area (Å²) in [6.07, 6.45) is 4.43. The van der Waals surface area contributed by atoms with E-state index in [0.717, 1.165) is 42.7 Å². The number of rotatable bonds is 7. The lowest BCUT2D eigenvalue weighted by molar-refractivity contribution is -0.121. The van der Waals surface area contributed by atoms with Gasteiger partial charge in [0.15, 0.2) is 11.7 Å². The van der Waals surface area contributed by atoms with Gasteiger partial charge in [0.05, 0.1) is 6.20 Å². The van der Waals surface area contributed by atoms with Gasteiger partial charge < -0.3 is 20.0 Å². The fraction of sp³-hybridized carbons (Fsp3) is 0.292. The van der Waals surface area contributed by atoms with Crippen LogP contribution < -0.4 is 10.6 Å². The summed E-state index contributed by atoms with van der Waals surface area (Å²) in [5.74, 6) is 1.06. The zero-order valence-corrected chi connectivity index (χ0v) is 18.4. The first-order valence-electron chi connectivity index (χ1n) is 10.7. The van der Waals surface area contributed by atoms with Gasteiger partial charge in [0, 0.05) is 48.7 Å². The molecule has 7 nitrogen and oxygen atoms in total. The van der Waals surface area contributed by atoms with Crippen molar-refractivity contribution in [2.45, 2.75) is 32.2 Å². The highest BCUT2D eigenvalue weighted by atomic mass is 35.5. The standard InChI is InChI=1S/C24H25ClN4O3/c25-19-8-6-18(7-9-19)21-16-27-23(32-21)11-10-22(30)26-15-17-4-3-5-20(14-17)28-24(31)29-12-1-2-13-29/h3-9,14,16H,1-2,10-13,15H2,(H,26,30)(H,28,31). The van der Waals surface area contributed by atoms with E-state index in [9.17, 15) is 9.59 Å². The molecule has 1 aliphatic heterocycles. The molecule has 0 radical (unpaired) electrons. The van der Waals surface area contributed by atoms with Crippen molar-refractivity contribution in [2.75, 3.05) is 18.4 Å². The van der Waals surface area contributed by atoms with Crippen LogP contribution in [0.5, 0.6) is 0 Å². The van der Waals surface area contributed by atoms with E-state index in [1.807, 2.05) is 41.3 Å². The lowest BCUT2D eigenvalue weighted by Crippen LogP contribution is -2.32. The number of carbonyl (C=O) groups is 2. The average molecular weight is 453 g/mol. The molecule has 2 aromatic carbocycles. The number of oxazole rings is 1. The van der Waals surface area contributed by atoms with Crippen molar-refractivity contribution in [3.05, 3.63) is 71.2 Å². The van der Waals surface area contributed by atoms with Crippen LogP contribution in [-0.4, -0.2) is 34.9 Å². The Hall–Kier alpha value is -3.32. The molecule has 166 valence electrons. The van der Waals surface area contributed by atoms with Gasteiger partial charge in [-0.15, -0.1) is 0 Å². The molecule has 1 fully saturated rings. The van der Waals surface area contributed by atoms with E-state index in [-0.39, 0.29) is 18.4 Å². The van der Waals surface area contributed by atoms with Crippen molar-refractivity contribution in [3.63, 3.8) is 0 Å². The van der Waals surface area contributed by atoms with Gasteiger partial charge in [0.25, 0.3) is 0 Å². The van der Waals surface area contributed by atoms with Crippen molar-refractivity contribution in [3.8, 4) is 11.3 Å². The van der Waals surface area contributed by atoms with Crippen LogP contribution in [0, 0.1) is 0 Å². The van der Waals surface area contributed by atoms with E-state index in [1.165, 1.54) is 0 Å². The van der Waals surface area contributed by atoms with Gasteiger partial charge in [0.1, 0.15) is 0 Å². The zero-order valence-electron chi connectivity index (χ0n) is 17.6.